The standard InChI is InChI=1S/C10H17N5/c1-7-6-9(11)15-10(13-7)14-8-2-4-12-5-3-8/h6,8,12H,2-5H2,1H3,(H3,11,13,14,15). The van der Waals surface area contributed by atoms with E-state index in [-0.39, 0.29) is 0 Å². The molecular weight excluding hydrogens is 190 g/mol. The second kappa shape index (κ2) is 4.44. The summed E-state index contributed by atoms with van der Waals surface area (Å²) in [7, 11) is 0. The number of nitrogens with one attached hydrogen (secondary N) is 2. The topological polar surface area (TPSA) is 75.9 Å². The fraction of sp³-hybridized carbons (Fsp3) is 0.600. The number of nitrogen functional groups attached to an aromatic ring is 1. The second-order valence-corrected chi connectivity index (χ2v) is 3.93. The molecule has 1 aliphatic rings. The molecule has 5 nitrogen and oxygen atoms in total. The van der Waals surface area contributed by atoms with Gasteiger partial charge in [-0.25, -0.2) is 4.98 Å². The van der Waals surface area contributed by atoms with E-state index in [2.05, 4.69) is 20.6 Å². The molecule has 0 unspecified atom stereocenters. The van der Waals surface area contributed by atoms with Crippen molar-refractivity contribution in [3.05, 3.63) is 11.8 Å². The predicted octanol–water partition coefficient (Wildman–Crippen LogP) is 0.531. The van der Waals surface area contributed by atoms with Crippen molar-refractivity contribution in [2.45, 2.75) is 25.8 Å². The van der Waals surface area contributed by atoms with Crippen LogP contribution in [0, 0.1) is 6.92 Å². The van der Waals surface area contributed by atoms with Crippen LogP contribution in [0.2, 0.25) is 0 Å². The van der Waals surface area contributed by atoms with Gasteiger partial charge in [0.25, 0.3) is 0 Å². The van der Waals surface area contributed by atoms with Gasteiger partial charge in [0.1, 0.15) is 5.82 Å². The minimum absolute atomic E-state index is 0.465. The molecule has 1 aromatic rings. The van der Waals surface area contributed by atoms with Gasteiger partial charge in [0, 0.05) is 17.8 Å². The Balaban J connectivity index is 2.02. The number of nitrogens with zero attached hydrogens (tertiary/aromatic N) is 2. The number of rotatable bonds is 2. The fourth-order valence-electron chi connectivity index (χ4n) is 1.81. The van der Waals surface area contributed by atoms with Gasteiger partial charge in [-0.2, -0.15) is 4.98 Å². The lowest BCUT2D eigenvalue weighted by molar-refractivity contribution is 0.477. The van der Waals surface area contributed by atoms with Crippen LogP contribution in [-0.4, -0.2) is 29.1 Å². The summed E-state index contributed by atoms with van der Waals surface area (Å²) in [6.45, 7) is 4.03. The zero-order valence-corrected chi connectivity index (χ0v) is 8.95. The highest BCUT2D eigenvalue weighted by Gasteiger charge is 2.13. The van der Waals surface area contributed by atoms with E-state index < -0.39 is 0 Å². The summed E-state index contributed by atoms with van der Waals surface area (Å²) in [6.07, 6.45) is 2.22. The van der Waals surface area contributed by atoms with Crippen LogP contribution in [0.1, 0.15) is 18.5 Å². The second-order valence-electron chi connectivity index (χ2n) is 3.93. The Morgan fingerprint density at radius 3 is 2.80 bits per heavy atom. The molecule has 0 bridgehead atoms. The Morgan fingerprint density at radius 1 is 1.40 bits per heavy atom. The third-order valence-corrected chi connectivity index (χ3v) is 2.55. The molecule has 0 atom stereocenters. The summed E-state index contributed by atoms with van der Waals surface area (Å²) in [5.74, 6) is 1.18. The van der Waals surface area contributed by atoms with E-state index in [9.17, 15) is 0 Å². The van der Waals surface area contributed by atoms with Gasteiger partial charge < -0.3 is 16.4 Å². The molecule has 0 aliphatic carbocycles. The summed E-state index contributed by atoms with van der Waals surface area (Å²) in [4.78, 5) is 8.47. The first kappa shape index (κ1) is 10.2. The number of piperidine rings is 1. The van der Waals surface area contributed by atoms with Crippen LogP contribution in [0.15, 0.2) is 6.07 Å². The summed E-state index contributed by atoms with van der Waals surface area (Å²) in [6, 6.07) is 2.24. The largest absolute Gasteiger partial charge is 0.384 e. The lowest BCUT2D eigenvalue weighted by Crippen LogP contribution is -2.35. The number of aromatic nitrogens is 2. The first-order valence-electron chi connectivity index (χ1n) is 5.32. The van der Waals surface area contributed by atoms with Crippen LogP contribution >= 0.6 is 0 Å². The van der Waals surface area contributed by atoms with Gasteiger partial charge in [0.05, 0.1) is 0 Å². The molecule has 2 heterocycles. The number of hydrogen-bond acceptors (Lipinski definition) is 5. The van der Waals surface area contributed by atoms with Crippen LogP contribution in [-0.2, 0) is 0 Å². The van der Waals surface area contributed by atoms with Gasteiger partial charge in [0.2, 0.25) is 5.95 Å². The quantitative estimate of drug-likeness (QED) is 0.659. The molecule has 15 heavy (non-hydrogen) atoms. The molecule has 5 heteroatoms. The van der Waals surface area contributed by atoms with Crippen molar-refractivity contribution < 1.29 is 0 Å². The predicted molar refractivity (Wildman–Crippen MR) is 60.7 cm³/mol. The van der Waals surface area contributed by atoms with Crippen LogP contribution < -0.4 is 16.4 Å². The average Bonchev–Trinajstić information content (AvgIpc) is 2.17. The molecule has 82 valence electrons. The number of aryl methyl sites for hydroxylation is 1. The molecule has 0 saturated carbocycles. The van der Waals surface area contributed by atoms with Gasteiger partial charge in [-0.15, -0.1) is 0 Å². The van der Waals surface area contributed by atoms with Crippen molar-refractivity contribution in [1.29, 1.82) is 0 Å². The Bertz CT molecular complexity index is 312. The van der Waals surface area contributed by atoms with E-state index in [0.29, 0.717) is 17.8 Å². The smallest absolute Gasteiger partial charge is 0.225 e. The Hall–Kier alpha value is -1.36. The average molecular weight is 207 g/mol. The summed E-state index contributed by atoms with van der Waals surface area (Å²) in [5.41, 5.74) is 6.56. The molecule has 1 aliphatic heterocycles. The third-order valence-electron chi connectivity index (χ3n) is 2.55. The van der Waals surface area contributed by atoms with E-state index >= 15 is 0 Å². The van der Waals surface area contributed by atoms with Gasteiger partial charge in [-0.1, -0.05) is 0 Å². The lowest BCUT2D eigenvalue weighted by Gasteiger charge is -2.23. The van der Waals surface area contributed by atoms with Crippen molar-refractivity contribution >= 4 is 11.8 Å². The molecule has 1 aromatic heterocycles. The maximum atomic E-state index is 5.66. The highest BCUT2D eigenvalue weighted by molar-refractivity contribution is 5.38. The van der Waals surface area contributed by atoms with E-state index in [1.807, 2.05) is 6.92 Å². The van der Waals surface area contributed by atoms with Crippen LogP contribution in [0.4, 0.5) is 11.8 Å². The van der Waals surface area contributed by atoms with Crippen molar-refractivity contribution in [3.8, 4) is 0 Å². The van der Waals surface area contributed by atoms with Gasteiger partial charge in [-0.05, 0) is 32.9 Å². The Morgan fingerprint density at radius 2 is 2.13 bits per heavy atom. The van der Waals surface area contributed by atoms with Crippen molar-refractivity contribution in [2.75, 3.05) is 24.1 Å². The summed E-state index contributed by atoms with van der Waals surface area (Å²) in [5, 5.41) is 6.64. The number of anilines is 2. The molecule has 1 fully saturated rings. The first-order chi connectivity index (χ1) is 7.24. The third kappa shape index (κ3) is 2.79. The van der Waals surface area contributed by atoms with E-state index in [1.54, 1.807) is 6.07 Å². The maximum absolute atomic E-state index is 5.66. The highest BCUT2D eigenvalue weighted by atomic mass is 15.1. The van der Waals surface area contributed by atoms with E-state index in [0.717, 1.165) is 31.6 Å². The molecule has 2 rings (SSSR count). The minimum Gasteiger partial charge on any atom is -0.384 e. The van der Waals surface area contributed by atoms with E-state index in [4.69, 9.17) is 5.73 Å². The minimum atomic E-state index is 0.465. The van der Waals surface area contributed by atoms with Crippen molar-refractivity contribution in [2.24, 2.45) is 0 Å². The molecular formula is C10H17N5. The number of nitrogens with two attached hydrogens (primary N) is 1. The molecule has 0 aromatic carbocycles. The summed E-state index contributed by atoms with van der Waals surface area (Å²) >= 11 is 0. The van der Waals surface area contributed by atoms with Crippen LogP contribution in [0.5, 0.6) is 0 Å². The molecule has 4 N–H and O–H groups in total. The van der Waals surface area contributed by atoms with Crippen molar-refractivity contribution in [3.63, 3.8) is 0 Å². The normalized spacial score (nSPS) is 17.7. The lowest BCUT2D eigenvalue weighted by atomic mass is 10.1. The van der Waals surface area contributed by atoms with Gasteiger partial charge in [-0.3, -0.25) is 0 Å². The zero-order valence-electron chi connectivity index (χ0n) is 8.95. The molecule has 1 saturated heterocycles. The monoisotopic (exact) mass is 207 g/mol. The SMILES string of the molecule is Cc1cc(N)nc(NC2CCNCC2)n1. The Labute approximate surface area is 89.5 Å². The van der Waals surface area contributed by atoms with Crippen LogP contribution in [0.25, 0.3) is 0 Å². The maximum Gasteiger partial charge on any atom is 0.225 e. The molecule has 0 spiro atoms. The van der Waals surface area contributed by atoms with Gasteiger partial charge >= 0.3 is 0 Å². The van der Waals surface area contributed by atoms with Crippen molar-refractivity contribution in [1.82, 2.24) is 15.3 Å². The summed E-state index contributed by atoms with van der Waals surface area (Å²) < 4.78 is 0. The fourth-order valence-corrected chi connectivity index (χ4v) is 1.81. The molecule has 0 amide bonds. The first-order valence-corrected chi connectivity index (χ1v) is 5.32. The van der Waals surface area contributed by atoms with E-state index in [1.165, 1.54) is 0 Å². The zero-order chi connectivity index (χ0) is 10.7. The van der Waals surface area contributed by atoms with Crippen LogP contribution in [0.3, 0.4) is 0 Å². The van der Waals surface area contributed by atoms with Gasteiger partial charge in [0.15, 0.2) is 0 Å². The highest BCUT2D eigenvalue weighted by Crippen LogP contribution is 2.11. The number of hydrogen-bond donors (Lipinski definition) is 3. The molecule has 0 radical (unpaired) electrons. The Kier molecular flexibility index (Phi) is 3.01.